The summed E-state index contributed by atoms with van der Waals surface area (Å²) in [6, 6.07) is 16.1. The van der Waals surface area contributed by atoms with Crippen LogP contribution in [-0.4, -0.2) is 34.5 Å². The first-order chi connectivity index (χ1) is 10.0. The molecule has 3 nitrogen and oxygen atoms in total. The van der Waals surface area contributed by atoms with Crippen molar-refractivity contribution >= 4 is 17.7 Å². The van der Waals surface area contributed by atoms with Crippen LogP contribution < -0.4 is 9.80 Å². The zero-order chi connectivity index (χ0) is 15.4. The molecule has 1 radical (unpaired) electrons. The van der Waals surface area contributed by atoms with Gasteiger partial charge in [0.05, 0.1) is 5.92 Å². The number of carbonyl (C=O) groups excluding carboxylic acids is 1. The lowest BCUT2D eigenvalue weighted by Crippen LogP contribution is -2.10. The van der Waals surface area contributed by atoms with E-state index in [1.54, 1.807) is 0 Å². The second-order valence-electron chi connectivity index (χ2n) is 5.52. The van der Waals surface area contributed by atoms with E-state index in [0.717, 1.165) is 22.5 Å². The molecule has 0 heterocycles. The largest absolute Gasteiger partial charge is 0.378 e. The van der Waals surface area contributed by atoms with Crippen LogP contribution in [0.25, 0.3) is 0 Å². The van der Waals surface area contributed by atoms with Gasteiger partial charge in [-0.15, -0.1) is 0 Å². The van der Waals surface area contributed by atoms with Gasteiger partial charge in [-0.05, 0) is 35.4 Å². The lowest BCUT2D eigenvalue weighted by Gasteiger charge is -2.16. The number of nitrogens with zero attached hydrogens (tertiary/aromatic N) is 2. The lowest BCUT2D eigenvalue weighted by molar-refractivity contribution is 0.549. The van der Waals surface area contributed by atoms with Gasteiger partial charge >= 0.3 is 0 Å². The number of hydrogen-bond donors (Lipinski definition) is 0. The zero-order valence-electron chi connectivity index (χ0n) is 13.0. The van der Waals surface area contributed by atoms with Crippen molar-refractivity contribution in [1.82, 2.24) is 0 Å². The molecule has 2 aromatic rings. The van der Waals surface area contributed by atoms with E-state index in [-0.39, 0.29) is 5.92 Å². The quantitative estimate of drug-likeness (QED) is 0.841. The molecule has 0 fully saturated rings. The highest BCUT2D eigenvalue weighted by Crippen LogP contribution is 2.26. The maximum absolute atomic E-state index is 11.4. The third kappa shape index (κ3) is 3.43. The van der Waals surface area contributed by atoms with Crippen molar-refractivity contribution in [2.24, 2.45) is 0 Å². The molecule has 3 heteroatoms. The molecule has 0 amide bonds. The lowest BCUT2D eigenvalue weighted by atomic mass is 9.92. The van der Waals surface area contributed by atoms with E-state index >= 15 is 0 Å². The molecule has 0 unspecified atom stereocenters. The second kappa shape index (κ2) is 6.44. The number of rotatable bonds is 5. The first kappa shape index (κ1) is 15.1. The fraction of sp³-hybridized carbons (Fsp3) is 0.278. The second-order valence-corrected chi connectivity index (χ2v) is 5.52. The van der Waals surface area contributed by atoms with Gasteiger partial charge in [0.1, 0.15) is 0 Å². The molecule has 2 rings (SSSR count). The summed E-state index contributed by atoms with van der Waals surface area (Å²) in [7, 11) is 7.99. The smallest absolute Gasteiger partial charge is 0.211 e. The van der Waals surface area contributed by atoms with Crippen LogP contribution in [0.2, 0.25) is 0 Å². The first-order valence-electron chi connectivity index (χ1n) is 6.95. The van der Waals surface area contributed by atoms with Crippen LogP contribution in [0.5, 0.6) is 0 Å². The maximum atomic E-state index is 11.4. The van der Waals surface area contributed by atoms with Crippen molar-refractivity contribution in [2.75, 3.05) is 38.0 Å². The highest BCUT2D eigenvalue weighted by molar-refractivity contribution is 5.70. The Balaban J connectivity index is 2.28. The minimum Gasteiger partial charge on any atom is -0.378 e. The summed E-state index contributed by atoms with van der Waals surface area (Å²) in [6.45, 7) is 0. The fourth-order valence-electron chi connectivity index (χ4n) is 2.26. The van der Waals surface area contributed by atoms with Crippen molar-refractivity contribution in [3.63, 3.8) is 0 Å². The van der Waals surface area contributed by atoms with Gasteiger partial charge < -0.3 is 9.80 Å². The van der Waals surface area contributed by atoms with Crippen molar-refractivity contribution in [3.8, 4) is 0 Å². The monoisotopic (exact) mass is 281 g/mol. The van der Waals surface area contributed by atoms with E-state index in [1.807, 2.05) is 86.5 Å². The standard InChI is InChI=1S/C18H21N2O/c1-19(2)16-9-5-14(6-10-16)18(13-21)15-7-11-17(12-8-15)20(3)4/h5-12,18H,1-4H3. The van der Waals surface area contributed by atoms with Gasteiger partial charge in [0, 0.05) is 39.6 Å². The third-order valence-electron chi connectivity index (χ3n) is 3.60. The Hall–Kier alpha value is -2.29. The van der Waals surface area contributed by atoms with E-state index < -0.39 is 0 Å². The molecule has 21 heavy (non-hydrogen) atoms. The minimum absolute atomic E-state index is 0.336. The molecular weight excluding hydrogens is 260 g/mol. The van der Waals surface area contributed by atoms with Crippen molar-refractivity contribution in [3.05, 3.63) is 59.7 Å². The maximum Gasteiger partial charge on any atom is 0.211 e. The zero-order valence-corrected chi connectivity index (χ0v) is 13.0. The van der Waals surface area contributed by atoms with Gasteiger partial charge in [0.2, 0.25) is 6.29 Å². The normalized spacial score (nSPS) is 10.5. The van der Waals surface area contributed by atoms with Crippen molar-refractivity contribution < 1.29 is 4.79 Å². The van der Waals surface area contributed by atoms with Crippen LogP contribution in [0.4, 0.5) is 11.4 Å². The van der Waals surface area contributed by atoms with Crippen molar-refractivity contribution in [1.29, 1.82) is 0 Å². The van der Waals surface area contributed by atoms with Crippen LogP contribution >= 0.6 is 0 Å². The Morgan fingerprint density at radius 2 is 1.05 bits per heavy atom. The molecule has 0 atom stereocenters. The van der Waals surface area contributed by atoms with Gasteiger partial charge in [0.15, 0.2) is 0 Å². The Bertz CT molecular complexity index is 534. The fourth-order valence-corrected chi connectivity index (χ4v) is 2.26. The van der Waals surface area contributed by atoms with Gasteiger partial charge in [-0.3, -0.25) is 4.79 Å². The predicted molar refractivity (Wildman–Crippen MR) is 89.1 cm³/mol. The Labute approximate surface area is 126 Å². The van der Waals surface area contributed by atoms with E-state index in [2.05, 4.69) is 6.29 Å². The molecule has 2 aromatic carbocycles. The molecule has 109 valence electrons. The van der Waals surface area contributed by atoms with Crippen LogP contribution in [0, 0.1) is 0 Å². The molecule has 0 aliphatic carbocycles. The Kier molecular flexibility index (Phi) is 4.63. The molecule has 0 N–H and O–H groups in total. The Morgan fingerprint density at radius 1 is 0.714 bits per heavy atom. The van der Waals surface area contributed by atoms with Gasteiger partial charge in [-0.1, -0.05) is 24.3 Å². The highest BCUT2D eigenvalue weighted by Gasteiger charge is 2.14. The number of hydrogen-bond acceptors (Lipinski definition) is 3. The van der Waals surface area contributed by atoms with Crippen molar-refractivity contribution in [2.45, 2.75) is 5.92 Å². The highest BCUT2D eigenvalue weighted by atomic mass is 16.1. The summed E-state index contributed by atoms with van der Waals surface area (Å²) in [6.07, 6.45) is 2.15. The van der Waals surface area contributed by atoms with E-state index in [9.17, 15) is 4.79 Å². The van der Waals surface area contributed by atoms with Gasteiger partial charge in [-0.2, -0.15) is 0 Å². The number of anilines is 2. The average Bonchev–Trinajstić information content (AvgIpc) is 2.49. The molecule has 0 aliphatic rings. The summed E-state index contributed by atoms with van der Waals surface area (Å²) >= 11 is 0. The average molecular weight is 281 g/mol. The third-order valence-corrected chi connectivity index (χ3v) is 3.60. The molecule has 0 bridgehead atoms. The Morgan fingerprint density at radius 3 is 1.29 bits per heavy atom. The molecule has 0 aromatic heterocycles. The van der Waals surface area contributed by atoms with Crippen LogP contribution in [0.1, 0.15) is 17.0 Å². The summed E-state index contributed by atoms with van der Waals surface area (Å²) in [5, 5.41) is 0. The molecule has 0 saturated carbocycles. The predicted octanol–water partition coefficient (Wildman–Crippen LogP) is 3.06. The van der Waals surface area contributed by atoms with Crippen LogP contribution in [0.15, 0.2) is 48.5 Å². The number of benzene rings is 2. The summed E-state index contributed by atoms with van der Waals surface area (Å²) < 4.78 is 0. The SMILES string of the molecule is CN(C)c1ccc(C([C]=O)c2ccc(N(C)C)cc2)cc1. The molecule has 0 saturated heterocycles. The molecule has 0 aliphatic heterocycles. The van der Waals surface area contributed by atoms with E-state index in [0.29, 0.717) is 0 Å². The summed E-state index contributed by atoms with van der Waals surface area (Å²) in [5.74, 6) is -0.336. The van der Waals surface area contributed by atoms with Gasteiger partial charge in [0.25, 0.3) is 0 Å². The summed E-state index contributed by atoms with van der Waals surface area (Å²) in [5.41, 5.74) is 4.17. The van der Waals surface area contributed by atoms with Crippen LogP contribution in [-0.2, 0) is 4.79 Å². The summed E-state index contributed by atoms with van der Waals surface area (Å²) in [4.78, 5) is 15.5. The van der Waals surface area contributed by atoms with E-state index in [4.69, 9.17) is 0 Å². The van der Waals surface area contributed by atoms with E-state index in [1.165, 1.54) is 0 Å². The van der Waals surface area contributed by atoms with Crippen LogP contribution in [0.3, 0.4) is 0 Å². The molecule has 0 spiro atoms. The van der Waals surface area contributed by atoms with Gasteiger partial charge in [-0.25, -0.2) is 0 Å². The first-order valence-corrected chi connectivity index (χ1v) is 6.95. The molecular formula is C18H21N2O. The topological polar surface area (TPSA) is 23.6 Å². The minimum atomic E-state index is -0.336.